The lowest BCUT2D eigenvalue weighted by molar-refractivity contribution is -0.131. The Bertz CT molecular complexity index is 305. The lowest BCUT2D eigenvalue weighted by Crippen LogP contribution is -2.46. The van der Waals surface area contributed by atoms with Crippen LogP contribution in [0.4, 0.5) is 0 Å². The average Bonchev–Trinajstić information content (AvgIpc) is 2.24. The van der Waals surface area contributed by atoms with Crippen LogP contribution in [-0.4, -0.2) is 29.2 Å². The standard InChI is InChI=1S/C14H25NO2S/c1-6-7-8-9-18-10-12(15-11(2)16)13(17)14(3,4)5/h7-8,12H,6,9-10H2,1-5H3,(H,15,16)/b8-7-/t12-/m1/s1. The minimum absolute atomic E-state index is 0.0877. The molecule has 0 unspecified atom stereocenters. The van der Waals surface area contributed by atoms with E-state index in [1.165, 1.54) is 6.92 Å². The van der Waals surface area contributed by atoms with E-state index >= 15 is 0 Å². The molecular weight excluding hydrogens is 246 g/mol. The van der Waals surface area contributed by atoms with Gasteiger partial charge >= 0.3 is 0 Å². The molecule has 0 saturated heterocycles. The highest BCUT2D eigenvalue weighted by molar-refractivity contribution is 7.99. The number of Topliss-reactive ketones (excluding diaryl/α,β-unsaturated/α-hetero) is 1. The van der Waals surface area contributed by atoms with E-state index in [0.29, 0.717) is 5.75 Å². The third-order valence-electron chi connectivity index (χ3n) is 2.33. The van der Waals surface area contributed by atoms with Crippen molar-refractivity contribution in [3.05, 3.63) is 12.2 Å². The Hall–Kier alpha value is -0.770. The molecule has 0 aromatic carbocycles. The minimum atomic E-state index is -0.424. The molecule has 1 N–H and O–H groups in total. The van der Waals surface area contributed by atoms with Crippen LogP contribution in [0.25, 0.3) is 0 Å². The predicted octanol–water partition coefficient (Wildman–Crippen LogP) is 2.81. The monoisotopic (exact) mass is 271 g/mol. The maximum Gasteiger partial charge on any atom is 0.217 e. The molecular formula is C14H25NO2S. The fraction of sp³-hybridized carbons (Fsp3) is 0.714. The first-order valence-electron chi connectivity index (χ1n) is 6.33. The van der Waals surface area contributed by atoms with Crippen LogP contribution in [0.15, 0.2) is 12.2 Å². The van der Waals surface area contributed by atoms with Gasteiger partial charge in [-0.25, -0.2) is 0 Å². The quantitative estimate of drug-likeness (QED) is 0.572. The summed E-state index contributed by atoms with van der Waals surface area (Å²) in [7, 11) is 0. The van der Waals surface area contributed by atoms with Gasteiger partial charge in [-0.3, -0.25) is 9.59 Å². The molecule has 0 aliphatic carbocycles. The Kier molecular flexibility index (Phi) is 8.00. The van der Waals surface area contributed by atoms with Gasteiger partial charge in [-0.05, 0) is 6.42 Å². The zero-order valence-corrected chi connectivity index (χ0v) is 12.9. The van der Waals surface area contributed by atoms with E-state index in [1.54, 1.807) is 11.8 Å². The number of allylic oxidation sites excluding steroid dienone is 1. The molecule has 0 spiro atoms. The first-order chi connectivity index (χ1) is 8.29. The van der Waals surface area contributed by atoms with Gasteiger partial charge in [-0.15, -0.1) is 0 Å². The van der Waals surface area contributed by atoms with Crippen molar-refractivity contribution in [1.29, 1.82) is 0 Å². The summed E-state index contributed by atoms with van der Waals surface area (Å²) in [6.45, 7) is 9.18. The maximum atomic E-state index is 12.2. The summed E-state index contributed by atoms with van der Waals surface area (Å²) in [6.07, 6.45) is 5.22. The summed E-state index contributed by atoms with van der Waals surface area (Å²) in [5.74, 6) is 1.44. The number of amides is 1. The highest BCUT2D eigenvalue weighted by Gasteiger charge is 2.29. The van der Waals surface area contributed by atoms with Crippen LogP contribution in [0.5, 0.6) is 0 Å². The Balaban J connectivity index is 4.37. The van der Waals surface area contributed by atoms with Crippen molar-refractivity contribution in [3.8, 4) is 0 Å². The van der Waals surface area contributed by atoms with E-state index in [4.69, 9.17) is 0 Å². The largest absolute Gasteiger partial charge is 0.346 e. The van der Waals surface area contributed by atoms with E-state index in [9.17, 15) is 9.59 Å². The van der Waals surface area contributed by atoms with Gasteiger partial charge in [0.25, 0.3) is 0 Å². The second-order valence-corrected chi connectivity index (χ2v) is 6.36. The van der Waals surface area contributed by atoms with Gasteiger partial charge in [-0.1, -0.05) is 39.8 Å². The van der Waals surface area contributed by atoms with Gasteiger partial charge in [0.2, 0.25) is 5.91 Å². The Morgan fingerprint density at radius 1 is 1.28 bits per heavy atom. The molecule has 0 fully saturated rings. The van der Waals surface area contributed by atoms with Crippen molar-refractivity contribution in [1.82, 2.24) is 5.32 Å². The number of rotatable bonds is 7. The van der Waals surface area contributed by atoms with Crippen LogP contribution >= 0.6 is 11.8 Å². The van der Waals surface area contributed by atoms with Gasteiger partial charge in [-0.2, -0.15) is 11.8 Å². The van der Waals surface area contributed by atoms with Crippen molar-refractivity contribution in [3.63, 3.8) is 0 Å². The molecule has 0 aliphatic heterocycles. The Morgan fingerprint density at radius 3 is 2.33 bits per heavy atom. The summed E-state index contributed by atoms with van der Waals surface area (Å²) in [6, 6.07) is -0.387. The molecule has 18 heavy (non-hydrogen) atoms. The topological polar surface area (TPSA) is 46.2 Å². The van der Waals surface area contributed by atoms with Crippen LogP contribution in [-0.2, 0) is 9.59 Å². The van der Waals surface area contributed by atoms with Crippen molar-refractivity contribution in [2.45, 2.75) is 47.1 Å². The summed E-state index contributed by atoms with van der Waals surface area (Å²) in [4.78, 5) is 23.3. The van der Waals surface area contributed by atoms with Gasteiger partial charge in [0.1, 0.15) is 0 Å². The SMILES string of the molecule is CC/C=C\CSC[C@@H](NC(C)=O)C(=O)C(C)(C)C. The molecule has 0 heterocycles. The zero-order chi connectivity index (χ0) is 14.2. The lowest BCUT2D eigenvalue weighted by atomic mass is 9.87. The second-order valence-electron chi connectivity index (χ2n) is 5.28. The van der Waals surface area contributed by atoms with E-state index in [2.05, 4.69) is 24.4 Å². The number of nitrogens with one attached hydrogen (secondary N) is 1. The van der Waals surface area contributed by atoms with Crippen LogP contribution in [0.3, 0.4) is 0 Å². The van der Waals surface area contributed by atoms with Gasteiger partial charge in [0.15, 0.2) is 5.78 Å². The van der Waals surface area contributed by atoms with E-state index < -0.39 is 5.41 Å². The number of thioether (sulfide) groups is 1. The lowest BCUT2D eigenvalue weighted by Gasteiger charge is -2.24. The number of ketones is 1. The summed E-state index contributed by atoms with van der Waals surface area (Å²) in [5, 5.41) is 2.74. The smallest absolute Gasteiger partial charge is 0.217 e. The number of hydrogen-bond donors (Lipinski definition) is 1. The molecule has 1 atom stereocenters. The van der Waals surface area contributed by atoms with Crippen molar-refractivity contribution in [2.24, 2.45) is 5.41 Å². The average molecular weight is 271 g/mol. The Morgan fingerprint density at radius 2 is 1.89 bits per heavy atom. The van der Waals surface area contributed by atoms with E-state index in [-0.39, 0.29) is 17.7 Å². The highest BCUT2D eigenvalue weighted by Crippen LogP contribution is 2.19. The first-order valence-corrected chi connectivity index (χ1v) is 7.48. The third-order valence-corrected chi connectivity index (χ3v) is 3.33. The maximum absolute atomic E-state index is 12.2. The summed E-state index contributed by atoms with van der Waals surface area (Å²) in [5.41, 5.74) is -0.424. The minimum Gasteiger partial charge on any atom is -0.346 e. The number of hydrogen-bond acceptors (Lipinski definition) is 3. The van der Waals surface area contributed by atoms with Gasteiger partial charge in [0.05, 0.1) is 6.04 Å². The molecule has 3 nitrogen and oxygen atoms in total. The number of carbonyl (C=O) groups is 2. The fourth-order valence-electron chi connectivity index (χ4n) is 1.44. The second kappa shape index (κ2) is 8.35. The molecule has 0 saturated carbocycles. The summed E-state index contributed by atoms with van der Waals surface area (Å²) >= 11 is 1.67. The first kappa shape index (κ1) is 17.2. The molecule has 0 bridgehead atoms. The molecule has 0 aromatic rings. The number of carbonyl (C=O) groups excluding carboxylic acids is 2. The van der Waals surface area contributed by atoms with Crippen LogP contribution in [0, 0.1) is 5.41 Å². The normalized spacial score (nSPS) is 13.6. The van der Waals surface area contributed by atoms with Crippen LogP contribution in [0.1, 0.15) is 41.0 Å². The van der Waals surface area contributed by atoms with E-state index in [1.807, 2.05) is 20.8 Å². The molecule has 104 valence electrons. The Labute approximate surface area is 115 Å². The van der Waals surface area contributed by atoms with Gasteiger partial charge < -0.3 is 5.32 Å². The van der Waals surface area contributed by atoms with Crippen molar-refractivity contribution in [2.75, 3.05) is 11.5 Å². The molecule has 1 amide bonds. The van der Waals surface area contributed by atoms with Gasteiger partial charge in [0, 0.05) is 23.8 Å². The van der Waals surface area contributed by atoms with E-state index in [0.717, 1.165) is 12.2 Å². The summed E-state index contributed by atoms with van der Waals surface area (Å²) < 4.78 is 0. The van der Waals surface area contributed by atoms with Crippen LogP contribution in [0.2, 0.25) is 0 Å². The fourth-order valence-corrected chi connectivity index (χ4v) is 2.32. The van der Waals surface area contributed by atoms with Crippen molar-refractivity contribution < 1.29 is 9.59 Å². The predicted molar refractivity (Wildman–Crippen MR) is 78.8 cm³/mol. The molecule has 0 rings (SSSR count). The molecule has 4 heteroatoms. The van der Waals surface area contributed by atoms with Crippen molar-refractivity contribution >= 4 is 23.5 Å². The molecule has 0 radical (unpaired) electrons. The third kappa shape index (κ3) is 7.54. The zero-order valence-electron chi connectivity index (χ0n) is 12.1. The molecule has 0 aromatic heterocycles. The van der Waals surface area contributed by atoms with Crippen LogP contribution < -0.4 is 5.32 Å². The highest BCUT2D eigenvalue weighted by atomic mass is 32.2. The molecule has 0 aliphatic rings.